The van der Waals surface area contributed by atoms with Crippen molar-refractivity contribution in [3.05, 3.63) is 36.0 Å². The van der Waals surface area contributed by atoms with Gasteiger partial charge in [-0.2, -0.15) is 0 Å². The predicted molar refractivity (Wildman–Crippen MR) is 91.1 cm³/mol. The molecule has 1 aliphatic rings. The molecule has 8 heteroatoms. The summed E-state index contributed by atoms with van der Waals surface area (Å²) in [6, 6.07) is 7.88. The fourth-order valence-corrected chi connectivity index (χ4v) is 3.11. The van der Waals surface area contributed by atoms with Gasteiger partial charge in [0.2, 0.25) is 6.29 Å². The van der Waals surface area contributed by atoms with Crippen LogP contribution in [0.15, 0.2) is 30.5 Å². The lowest BCUT2D eigenvalue weighted by Crippen LogP contribution is -2.59. The van der Waals surface area contributed by atoms with E-state index in [-0.39, 0.29) is 6.42 Å². The number of carbonyl (C=O) groups excluding carboxylic acids is 1. The first-order chi connectivity index (χ1) is 12.5. The number of ether oxygens (including phenoxy) is 2. The van der Waals surface area contributed by atoms with Gasteiger partial charge < -0.3 is 34.9 Å². The molecule has 0 amide bonds. The average Bonchev–Trinajstić information content (AvgIpc) is 3.05. The minimum atomic E-state index is -1.58. The van der Waals surface area contributed by atoms with Crippen LogP contribution in [0.2, 0.25) is 0 Å². The summed E-state index contributed by atoms with van der Waals surface area (Å²) in [7, 11) is 0. The van der Waals surface area contributed by atoms with Crippen LogP contribution >= 0.6 is 0 Å². The number of aliphatic hydroxyl groups is 4. The van der Waals surface area contributed by atoms with E-state index < -0.39 is 43.3 Å². The molecule has 0 radical (unpaired) electrons. The van der Waals surface area contributed by atoms with Crippen LogP contribution in [0.4, 0.5) is 0 Å². The Kier molecular flexibility index (Phi) is 5.90. The Hall–Kier alpha value is -1.97. The summed E-state index contributed by atoms with van der Waals surface area (Å²) in [5.74, 6) is -0.589. The van der Waals surface area contributed by atoms with Gasteiger partial charge in [0.05, 0.1) is 6.61 Å². The van der Waals surface area contributed by atoms with Crippen LogP contribution in [0.3, 0.4) is 0 Å². The van der Waals surface area contributed by atoms with E-state index in [2.05, 4.69) is 4.98 Å². The lowest BCUT2D eigenvalue weighted by atomic mass is 9.99. The number of esters is 1. The molecule has 0 spiro atoms. The fourth-order valence-electron chi connectivity index (χ4n) is 3.11. The van der Waals surface area contributed by atoms with Gasteiger partial charge in [-0.1, -0.05) is 18.2 Å². The second kappa shape index (κ2) is 8.15. The minimum Gasteiger partial charge on any atom is -0.433 e. The number of hydrogen-bond acceptors (Lipinski definition) is 7. The number of nitrogens with one attached hydrogen (secondary N) is 1. The fraction of sp³-hybridized carbons (Fsp3) is 0.500. The number of carbonyl (C=O) groups is 1. The number of aryl methyl sites for hydroxylation is 1. The number of H-pyrrole nitrogens is 1. The topological polar surface area (TPSA) is 132 Å². The molecule has 1 aromatic heterocycles. The van der Waals surface area contributed by atoms with E-state index in [9.17, 15) is 20.1 Å². The largest absolute Gasteiger partial charge is 0.433 e. The van der Waals surface area contributed by atoms with Gasteiger partial charge in [-0.15, -0.1) is 0 Å². The Morgan fingerprint density at radius 2 is 1.92 bits per heavy atom. The molecule has 2 aromatic rings. The number of aromatic amines is 1. The second-order valence-corrected chi connectivity index (χ2v) is 6.40. The summed E-state index contributed by atoms with van der Waals surface area (Å²) in [5.41, 5.74) is 2.13. The van der Waals surface area contributed by atoms with Crippen molar-refractivity contribution in [2.45, 2.75) is 50.0 Å². The molecule has 0 aliphatic carbocycles. The maximum atomic E-state index is 12.0. The predicted octanol–water partition coefficient (Wildman–Crippen LogP) is -0.166. The van der Waals surface area contributed by atoms with Crippen LogP contribution in [0.1, 0.15) is 18.4 Å². The zero-order valence-electron chi connectivity index (χ0n) is 14.1. The minimum absolute atomic E-state index is 0.106. The lowest BCUT2D eigenvalue weighted by molar-refractivity contribution is -0.292. The third-order valence-corrected chi connectivity index (χ3v) is 4.60. The normalized spacial score (nSPS) is 29.0. The standard InChI is InChI=1S/C18H23NO7/c20-9-13-15(22)16(23)17(24)18(25-13)26-14(21)7-3-4-10-8-19-12-6-2-1-5-11(10)12/h1-2,5-6,8,13,15-20,22-24H,3-4,7,9H2/t13-,15-,16-,17+,18+/m0/s1. The molecule has 5 N–H and O–H groups in total. The van der Waals surface area contributed by atoms with Crippen molar-refractivity contribution in [2.75, 3.05) is 6.61 Å². The third-order valence-electron chi connectivity index (χ3n) is 4.60. The van der Waals surface area contributed by atoms with Crippen LogP contribution in [0.25, 0.3) is 10.9 Å². The van der Waals surface area contributed by atoms with Crippen LogP contribution in [-0.4, -0.2) is 68.7 Å². The molecule has 3 rings (SSSR count). The van der Waals surface area contributed by atoms with E-state index in [1.807, 2.05) is 30.5 Å². The van der Waals surface area contributed by atoms with E-state index >= 15 is 0 Å². The molecule has 0 saturated carbocycles. The maximum absolute atomic E-state index is 12.0. The first-order valence-corrected chi connectivity index (χ1v) is 8.56. The van der Waals surface area contributed by atoms with Gasteiger partial charge in [0.1, 0.15) is 24.4 Å². The molecule has 142 valence electrons. The highest BCUT2D eigenvalue weighted by Gasteiger charge is 2.45. The molecule has 1 aliphatic heterocycles. The number of hydrogen-bond donors (Lipinski definition) is 5. The first-order valence-electron chi connectivity index (χ1n) is 8.56. The highest BCUT2D eigenvalue weighted by molar-refractivity contribution is 5.83. The molecule has 5 atom stereocenters. The van der Waals surface area contributed by atoms with Gasteiger partial charge in [-0.25, -0.2) is 0 Å². The number of fused-ring (bicyclic) bond motifs is 1. The van der Waals surface area contributed by atoms with Gasteiger partial charge in [0, 0.05) is 23.5 Å². The molecular weight excluding hydrogens is 342 g/mol. The molecule has 0 unspecified atom stereocenters. The SMILES string of the molecule is O=C(CCCc1c[nH]c2ccccc12)O[C@H]1O[C@@H](CO)[C@H](O)[C@H](O)[C@H]1O. The van der Waals surface area contributed by atoms with E-state index in [1.165, 1.54) is 0 Å². The number of aliphatic hydroxyl groups excluding tert-OH is 4. The van der Waals surface area contributed by atoms with Crippen molar-refractivity contribution >= 4 is 16.9 Å². The molecule has 1 saturated heterocycles. The Labute approximate surface area is 150 Å². The average molecular weight is 365 g/mol. The Morgan fingerprint density at radius 1 is 1.15 bits per heavy atom. The number of aromatic nitrogens is 1. The van der Waals surface area contributed by atoms with Crippen LogP contribution in [-0.2, 0) is 20.7 Å². The zero-order chi connectivity index (χ0) is 18.7. The summed E-state index contributed by atoms with van der Waals surface area (Å²) in [6.07, 6.45) is -3.92. The second-order valence-electron chi connectivity index (χ2n) is 6.40. The quantitative estimate of drug-likeness (QED) is 0.449. The summed E-state index contributed by atoms with van der Waals surface area (Å²) in [6.45, 7) is -0.570. The summed E-state index contributed by atoms with van der Waals surface area (Å²) in [4.78, 5) is 15.2. The van der Waals surface area contributed by atoms with Gasteiger partial charge in [-0.3, -0.25) is 4.79 Å². The molecule has 26 heavy (non-hydrogen) atoms. The van der Waals surface area contributed by atoms with E-state index in [4.69, 9.17) is 14.6 Å². The number of rotatable bonds is 6. The van der Waals surface area contributed by atoms with Crippen molar-refractivity contribution in [1.82, 2.24) is 4.98 Å². The van der Waals surface area contributed by atoms with Crippen molar-refractivity contribution in [2.24, 2.45) is 0 Å². The highest BCUT2D eigenvalue weighted by atomic mass is 16.7. The smallest absolute Gasteiger partial charge is 0.308 e. The first kappa shape index (κ1) is 18.8. The van der Waals surface area contributed by atoms with Gasteiger partial charge in [-0.05, 0) is 24.5 Å². The van der Waals surface area contributed by atoms with Gasteiger partial charge in [0.25, 0.3) is 0 Å². The molecular formula is C18H23NO7. The summed E-state index contributed by atoms with van der Waals surface area (Å²) < 4.78 is 10.2. The number of para-hydroxylation sites is 1. The Balaban J connectivity index is 1.51. The summed E-state index contributed by atoms with van der Waals surface area (Å²) in [5, 5.41) is 39.5. The molecule has 8 nitrogen and oxygen atoms in total. The van der Waals surface area contributed by atoms with Crippen molar-refractivity contribution < 1.29 is 34.7 Å². The van der Waals surface area contributed by atoms with Crippen molar-refractivity contribution in [1.29, 1.82) is 0 Å². The van der Waals surface area contributed by atoms with Crippen LogP contribution in [0, 0.1) is 0 Å². The maximum Gasteiger partial charge on any atom is 0.308 e. The van der Waals surface area contributed by atoms with E-state index in [0.717, 1.165) is 16.5 Å². The van der Waals surface area contributed by atoms with Crippen molar-refractivity contribution in [3.8, 4) is 0 Å². The number of benzene rings is 1. The van der Waals surface area contributed by atoms with Crippen molar-refractivity contribution in [3.63, 3.8) is 0 Å². The molecule has 1 fully saturated rings. The molecule has 0 bridgehead atoms. The molecule has 1 aromatic carbocycles. The Morgan fingerprint density at radius 3 is 2.69 bits per heavy atom. The van der Waals surface area contributed by atoms with Crippen LogP contribution in [0.5, 0.6) is 0 Å². The highest BCUT2D eigenvalue weighted by Crippen LogP contribution is 2.23. The van der Waals surface area contributed by atoms with E-state index in [0.29, 0.717) is 12.8 Å². The summed E-state index contributed by atoms with van der Waals surface area (Å²) >= 11 is 0. The van der Waals surface area contributed by atoms with Gasteiger partial charge >= 0.3 is 5.97 Å². The monoisotopic (exact) mass is 365 g/mol. The lowest BCUT2D eigenvalue weighted by Gasteiger charge is -2.39. The van der Waals surface area contributed by atoms with E-state index in [1.54, 1.807) is 0 Å². The Bertz CT molecular complexity index is 744. The molecule has 2 heterocycles. The van der Waals surface area contributed by atoms with Gasteiger partial charge in [0.15, 0.2) is 0 Å². The zero-order valence-corrected chi connectivity index (χ0v) is 14.1. The van der Waals surface area contributed by atoms with Crippen LogP contribution < -0.4 is 0 Å². The third kappa shape index (κ3) is 3.89.